The van der Waals surface area contributed by atoms with Crippen LogP contribution in [0.2, 0.25) is 18.1 Å². The van der Waals surface area contributed by atoms with Gasteiger partial charge in [-0.3, -0.25) is 4.79 Å². The van der Waals surface area contributed by atoms with Crippen molar-refractivity contribution < 1.29 is 9.22 Å². The number of carbonyl (C=O) groups is 1. The number of hydrogen-bond acceptors (Lipinski definition) is 2. The number of nitrogens with one attached hydrogen (secondary N) is 1. The maximum Gasteiger partial charge on any atom is 0.217 e. The van der Waals surface area contributed by atoms with Gasteiger partial charge in [-0.15, -0.1) is 5.92 Å². The average Bonchev–Trinajstić information content (AvgIpc) is 2.75. The van der Waals surface area contributed by atoms with Gasteiger partial charge in [-0.05, 0) is 69.0 Å². The molecule has 0 heterocycles. The van der Waals surface area contributed by atoms with Crippen molar-refractivity contribution >= 4 is 30.2 Å². The van der Waals surface area contributed by atoms with Gasteiger partial charge in [0.05, 0.1) is 12.1 Å². The van der Waals surface area contributed by atoms with E-state index in [0.29, 0.717) is 17.8 Å². The summed E-state index contributed by atoms with van der Waals surface area (Å²) in [7, 11) is -2.02. The Morgan fingerprint density at radius 2 is 1.78 bits per heavy atom. The highest BCUT2D eigenvalue weighted by Gasteiger charge is 2.42. The van der Waals surface area contributed by atoms with Crippen molar-refractivity contribution in [3.05, 3.63) is 34.9 Å². The molecule has 0 saturated heterocycles. The molecule has 0 fully saturated rings. The molecule has 0 unspecified atom stereocenters. The summed E-state index contributed by atoms with van der Waals surface area (Å²) < 4.78 is 8.03. The third kappa shape index (κ3) is 9.86. The molecule has 3 nitrogen and oxygen atoms in total. The van der Waals surface area contributed by atoms with Crippen LogP contribution in [0.5, 0.6) is 0 Å². The monoisotopic (exact) mass is 591 g/mol. The highest BCUT2D eigenvalue weighted by atomic mass is 79.9. The molecule has 0 aromatic heterocycles. The van der Waals surface area contributed by atoms with E-state index in [9.17, 15) is 4.79 Å². The summed E-state index contributed by atoms with van der Waals surface area (Å²) in [5, 5.41) is 3.22. The fourth-order valence-electron chi connectivity index (χ4n) is 5.06. The number of rotatable bonds is 10. The SMILES string of the molecule is CC#C[C@]1(C)C[C@H](C)C=C[C@@H]1/C=C(Br)/C=C/[C@@H](C)[C@@H](C)[C@H](C)[C@H](O[Si](C)(C)C(C)(C)C)[C@@H](C)NC(C)=O. The lowest BCUT2D eigenvalue weighted by Gasteiger charge is -2.44. The zero-order chi connectivity index (χ0) is 28.8. The highest BCUT2D eigenvalue weighted by molar-refractivity contribution is 9.11. The first kappa shape index (κ1) is 33.9. The zero-order valence-electron chi connectivity index (χ0n) is 25.8. The van der Waals surface area contributed by atoms with E-state index in [-0.39, 0.29) is 40.3 Å². The molecule has 0 aliphatic heterocycles. The van der Waals surface area contributed by atoms with Crippen LogP contribution < -0.4 is 5.32 Å². The lowest BCUT2D eigenvalue weighted by atomic mass is 9.68. The molecular formula is C32H54BrNO2Si. The van der Waals surface area contributed by atoms with E-state index in [1.165, 1.54) is 0 Å². The molecular weight excluding hydrogens is 538 g/mol. The Morgan fingerprint density at radius 1 is 1.19 bits per heavy atom. The van der Waals surface area contributed by atoms with E-state index in [1.54, 1.807) is 6.92 Å². The largest absolute Gasteiger partial charge is 0.412 e. The maximum atomic E-state index is 11.9. The summed E-state index contributed by atoms with van der Waals surface area (Å²) in [6, 6.07) is -0.0512. The minimum atomic E-state index is -2.02. The Balaban J connectivity index is 3.11. The quantitative estimate of drug-likeness (QED) is 0.119. The molecule has 0 aromatic rings. The van der Waals surface area contributed by atoms with Gasteiger partial charge in [-0.25, -0.2) is 0 Å². The number of halogens is 1. The standard InChI is InChI=1S/C32H54BrNO2Si/c1-14-19-32(11)21-22(2)15-17-28(32)20-29(33)18-16-23(3)24(4)25(5)30(26(6)34-27(7)35)36-37(12,13)31(8,9)10/h15-18,20,22-26,28,30H,21H2,1-13H3,(H,34,35)/b18-16+,29-20-/t22-,23-,24-,25+,26-,28-,30+,32-/m1/s1. The van der Waals surface area contributed by atoms with Crippen molar-refractivity contribution in [2.24, 2.45) is 35.0 Å². The van der Waals surface area contributed by atoms with Crippen LogP contribution in [0.15, 0.2) is 34.9 Å². The molecule has 37 heavy (non-hydrogen) atoms. The first-order chi connectivity index (χ1) is 16.8. The predicted molar refractivity (Wildman–Crippen MR) is 167 cm³/mol. The molecule has 8 atom stereocenters. The van der Waals surface area contributed by atoms with E-state index in [4.69, 9.17) is 4.43 Å². The topological polar surface area (TPSA) is 38.3 Å². The van der Waals surface area contributed by atoms with Crippen molar-refractivity contribution in [1.29, 1.82) is 0 Å². The lowest BCUT2D eigenvalue weighted by Crippen LogP contribution is -2.53. The van der Waals surface area contributed by atoms with Crippen LogP contribution in [0.3, 0.4) is 0 Å². The maximum absolute atomic E-state index is 11.9. The van der Waals surface area contributed by atoms with Crippen LogP contribution in [0.25, 0.3) is 0 Å². The first-order valence-electron chi connectivity index (χ1n) is 14.0. The number of hydrogen-bond donors (Lipinski definition) is 1. The number of carbonyl (C=O) groups excluding carboxylic acids is 1. The van der Waals surface area contributed by atoms with Gasteiger partial charge in [-0.2, -0.15) is 0 Å². The summed E-state index contributed by atoms with van der Waals surface area (Å²) in [4.78, 5) is 11.9. The molecule has 0 spiro atoms. The lowest BCUT2D eigenvalue weighted by molar-refractivity contribution is -0.120. The second kappa shape index (κ2) is 13.8. The van der Waals surface area contributed by atoms with Crippen LogP contribution in [0.1, 0.15) is 82.6 Å². The molecule has 1 aliphatic rings. The van der Waals surface area contributed by atoms with Crippen molar-refractivity contribution in [2.75, 3.05) is 0 Å². The van der Waals surface area contributed by atoms with Crippen molar-refractivity contribution in [1.82, 2.24) is 5.32 Å². The summed E-state index contributed by atoms with van der Waals surface area (Å²) in [5.41, 5.74) is -0.0443. The normalized spacial score (nSPS) is 27.1. The Morgan fingerprint density at radius 3 is 2.30 bits per heavy atom. The Bertz CT molecular complexity index is 919. The van der Waals surface area contributed by atoms with Crippen LogP contribution >= 0.6 is 15.9 Å². The Kier molecular flexibility index (Phi) is 12.7. The Hall–Kier alpha value is -1.09. The van der Waals surface area contributed by atoms with Crippen molar-refractivity contribution in [3.8, 4) is 11.8 Å². The fraction of sp³-hybridized carbons (Fsp3) is 0.719. The highest BCUT2D eigenvalue weighted by Crippen LogP contribution is 2.42. The number of amides is 1. The molecule has 0 saturated carbocycles. The van der Waals surface area contributed by atoms with Crippen molar-refractivity contribution in [3.63, 3.8) is 0 Å². The van der Waals surface area contributed by atoms with Gasteiger partial charge in [0.2, 0.25) is 5.91 Å². The van der Waals surface area contributed by atoms with Gasteiger partial charge in [0, 0.05) is 22.7 Å². The van der Waals surface area contributed by atoms with Crippen LogP contribution in [-0.2, 0) is 9.22 Å². The molecule has 5 heteroatoms. The van der Waals surface area contributed by atoms with Gasteiger partial charge >= 0.3 is 0 Å². The van der Waals surface area contributed by atoms with E-state index in [1.807, 2.05) is 6.92 Å². The second-order valence-corrected chi connectivity index (χ2v) is 18.9. The molecule has 210 valence electrons. The van der Waals surface area contributed by atoms with Gasteiger partial charge in [0.1, 0.15) is 0 Å². The van der Waals surface area contributed by atoms with E-state index in [0.717, 1.165) is 10.9 Å². The van der Waals surface area contributed by atoms with Crippen molar-refractivity contribution in [2.45, 2.75) is 113 Å². The van der Waals surface area contributed by atoms with Gasteiger partial charge < -0.3 is 9.74 Å². The summed E-state index contributed by atoms with van der Waals surface area (Å²) >= 11 is 3.81. The summed E-state index contributed by atoms with van der Waals surface area (Å²) in [6.45, 7) is 28.4. The van der Waals surface area contributed by atoms with E-state index in [2.05, 4.69) is 139 Å². The minimum Gasteiger partial charge on any atom is -0.412 e. The van der Waals surface area contributed by atoms with E-state index < -0.39 is 8.32 Å². The predicted octanol–water partition coefficient (Wildman–Crippen LogP) is 8.89. The summed E-state index contributed by atoms with van der Waals surface area (Å²) in [6.07, 6.45) is 12.4. The first-order valence-corrected chi connectivity index (χ1v) is 17.7. The second-order valence-electron chi connectivity index (χ2n) is 13.2. The third-order valence-electron chi connectivity index (χ3n) is 8.77. The van der Waals surface area contributed by atoms with Gasteiger partial charge in [0.15, 0.2) is 8.32 Å². The fourth-order valence-corrected chi connectivity index (χ4v) is 6.95. The van der Waals surface area contributed by atoms with Crippen LogP contribution in [0, 0.1) is 46.8 Å². The molecule has 0 aromatic carbocycles. The zero-order valence-corrected chi connectivity index (χ0v) is 28.4. The van der Waals surface area contributed by atoms with Gasteiger partial charge in [-0.1, -0.05) is 101 Å². The molecule has 1 N–H and O–H groups in total. The molecule has 1 amide bonds. The minimum absolute atomic E-state index is 0.0101. The summed E-state index contributed by atoms with van der Waals surface area (Å²) in [5.74, 6) is 8.43. The molecule has 1 aliphatic carbocycles. The number of allylic oxidation sites excluding steroid dienone is 6. The molecule has 0 radical (unpaired) electrons. The average molecular weight is 593 g/mol. The molecule has 1 rings (SSSR count). The van der Waals surface area contributed by atoms with Crippen LogP contribution in [-0.4, -0.2) is 26.4 Å². The van der Waals surface area contributed by atoms with Crippen LogP contribution in [0.4, 0.5) is 0 Å². The molecule has 0 bridgehead atoms. The van der Waals surface area contributed by atoms with E-state index >= 15 is 0 Å². The van der Waals surface area contributed by atoms with Gasteiger partial charge in [0.25, 0.3) is 0 Å². The third-order valence-corrected chi connectivity index (χ3v) is 13.8. The Labute approximate surface area is 238 Å². The smallest absolute Gasteiger partial charge is 0.217 e.